The standard InChI is InChI=1S/C15H19NO3/c1-11(2)15(10-12-6-4-3-5-7-12)13(17)8-9-16(15)14(18)19/h3-7,11H,8-10H2,1-2H3,(H,18,19)/t15-/m0/s1. The Kier molecular flexibility index (Phi) is 3.60. The quantitative estimate of drug-likeness (QED) is 0.909. The van der Waals surface area contributed by atoms with Gasteiger partial charge in [0.25, 0.3) is 0 Å². The van der Waals surface area contributed by atoms with Gasteiger partial charge < -0.3 is 5.11 Å². The molecule has 1 aromatic rings. The molecule has 1 aliphatic heterocycles. The van der Waals surface area contributed by atoms with Crippen LogP contribution in [0.2, 0.25) is 0 Å². The second kappa shape index (κ2) is 5.03. The van der Waals surface area contributed by atoms with E-state index in [1.165, 1.54) is 4.90 Å². The maximum absolute atomic E-state index is 12.4. The zero-order chi connectivity index (χ0) is 14.0. The Labute approximate surface area is 113 Å². The number of carbonyl (C=O) groups excluding carboxylic acids is 1. The Morgan fingerprint density at radius 2 is 2.00 bits per heavy atom. The molecular formula is C15H19NO3. The summed E-state index contributed by atoms with van der Waals surface area (Å²) in [7, 11) is 0. The molecule has 1 fully saturated rings. The summed E-state index contributed by atoms with van der Waals surface area (Å²) >= 11 is 0. The van der Waals surface area contributed by atoms with Crippen LogP contribution in [0.15, 0.2) is 30.3 Å². The minimum atomic E-state index is -1.00. The fraction of sp³-hybridized carbons (Fsp3) is 0.467. The fourth-order valence-electron chi connectivity index (χ4n) is 2.99. The number of hydrogen-bond donors (Lipinski definition) is 1. The number of likely N-dealkylation sites (tertiary alicyclic amines) is 1. The summed E-state index contributed by atoms with van der Waals surface area (Å²) in [5, 5.41) is 9.37. The van der Waals surface area contributed by atoms with Crippen LogP contribution in [-0.4, -0.2) is 34.0 Å². The van der Waals surface area contributed by atoms with E-state index in [0.29, 0.717) is 19.4 Å². The van der Waals surface area contributed by atoms with Crippen molar-refractivity contribution in [1.82, 2.24) is 4.90 Å². The molecule has 1 saturated heterocycles. The number of hydrogen-bond acceptors (Lipinski definition) is 2. The number of rotatable bonds is 3. The Bertz CT molecular complexity index is 483. The molecule has 0 spiro atoms. The summed E-state index contributed by atoms with van der Waals surface area (Å²) in [5.74, 6) is -0.00689. The van der Waals surface area contributed by atoms with Gasteiger partial charge in [-0.05, 0) is 11.5 Å². The predicted octanol–water partition coefficient (Wildman–Crippen LogP) is 2.58. The van der Waals surface area contributed by atoms with Crippen molar-refractivity contribution < 1.29 is 14.7 Å². The van der Waals surface area contributed by atoms with Crippen molar-refractivity contribution in [3.05, 3.63) is 35.9 Å². The average Bonchev–Trinajstić information content (AvgIpc) is 2.69. The van der Waals surface area contributed by atoms with E-state index in [-0.39, 0.29) is 11.7 Å². The van der Waals surface area contributed by atoms with Gasteiger partial charge in [-0.2, -0.15) is 0 Å². The van der Waals surface area contributed by atoms with Gasteiger partial charge in [-0.3, -0.25) is 9.69 Å². The average molecular weight is 261 g/mol. The van der Waals surface area contributed by atoms with Gasteiger partial charge in [0.15, 0.2) is 5.78 Å². The third-order valence-electron chi connectivity index (χ3n) is 4.03. The fourth-order valence-corrected chi connectivity index (χ4v) is 2.99. The number of benzene rings is 1. The van der Waals surface area contributed by atoms with E-state index in [4.69, 9.17) is 0 Å². The molecule has 1 aromatic carbocycles. The van der Waals surface area contributed by atoms with Crippen LogP contribution in [0.3, 0.4) is 0 Å². The molecule has 1 heterocycles. The maximum atomic E-state index is 12.4. The number of carboxylic acid groups (broad SMARTS) is 1. The molecule has 4 heteroatoms. The molecule has 1 N–H and O–H groups in total. The predicted molar refractivity (Wildman–Crippen MR) is 72.1 cm³/mol. The summed E-state index contributed by atoms with van der Waals surface area (Å²) in [6.45, 7) is 4.14. The first-order valence-electron chi connectivity index (χ1n) is 6.56. The Balaban J connectivity index is 2.41. The summed E-state index contributed by atoms with van der Waals surface area (Å²) < 4.78 is 0. The molecular weight excluding hydrogens is 242 g/mol. The van der Waals surface area contributed by atoms with Crippen LogP contribution in [0.4, 0.5) is 4.79 Å². The first kappa shape index (κ1) is 13.6. The Morgan fingerprint density at radius 1 is 1.37 bits per heavy atom. The molecule has 0 unspecified atom stereocenters. The van der Waals surface area contributed by atoms with Gasteiger partial charge in [0.1, 0.15) is 5.54 Å². The maximum Gasteiger partial charge on any atom is 0.408 e. The van der Waals surface area contributed by atoms with E-state index < -0.39 is 11.6 Å². The molecule has 102 valence electrons. The van der Waals surface area contributed by atoms with Crippen LogP contribution in [0.25, 0.3) is 0 Å². The van der Waals surface area contributed by atoms with Gasteiger partial charge >= 0.3 is 6.09 Å². The van der Waals surface area contributed by atoms with Gasteiger partial charge in [0.05, 0.1) is 0 Å². The van der Waals surface area contributed by atoms with Gasteiger partial charge in [-0.15, -0.1) is 0 Å². The lowest BCUT2D eigenvalue weighted by atomic mass is 9.78. The number of nitrogens with zero attached hydrogens (tertiary/aromatic N) is 1. The van der Waals surface area contributed by atoms with Crippen LogP contribution in [0.1, 0.15) is 25.8 Å². The molecule has 0 aromatic heterocycles. The monoisotopic (exact) mass is 261 g/mol. The van der Waals surface area contributed by atoms with Crippen molar-refractivity contribution >= 4 is 11.9 Å². The largest absolute Gasteiger partial charge is 0.465 e. The molecule has 0 bridgehead atoms. The number of ketones is 1. The van der Waals surface area contributed by atoms with Crippen molar-refractivity contribution in [2.45, 2.75) is 32.2 Å². The lowest BCUT2D eigenvalue weighted by Gasteiger charge is -2.39. The Morgan fingerprint density at radius 3 is 2.53 bits per heavy atom. The van der Waals surface area contributed by atoms with Crippen molar-refractivity contribution in [2.24, 2.45) is 5.92 Å². The highest BCUT2D eigenvalue weighted by Crippen LogP contribution is 2.36. The van der Waals surface area contributed by atoms with E-state index in [9.17, 15) is 14.7 Å². The lowest BCUT2D eigenvalue weighted by molar-refractivity contribution is -0.126. The smallest absolute Gasteiger partial charge is 0.408 e. The van der Waals surface area contributed by atoms with Gasteiger partial charge in [0, 0.05) is 19.4 Å². The molecule has 19 heavy (non-hydrogen) atoms. The number of Topliss-reactive ketones (excluding diaryl/α,β-unsaturated/α-hetero) is 1. The molecule has 2 rings (SSSR count). The number of carbonyl (C=O) groups is 2. The van der Waals surface area contributed by atoms with Crippen molar-refractivity contribution in [2.75, 3.05) is 6.54 Å². The van der Waals surface area contributed by atoms with E-state index in [1.54, 1.807) is 0 Å². The molecule has 1 aliphatic rings. The zero-order valence-corrected chi connectivity index (χ0v) is 11.3. The van der Waals surface area contributed by atoms with E-state index >= 15 is 0 Å². The highest BCUT2D eigenvalue weighted by molar-refractivity contribution is 5.95. The van der Waals surface area contributed by atoms with Crippen molar-refractivity contribution in [3.8, 4) is 0 Å². The van der Waals surface area contributed by atoms with Crippen molar-refractivity contribution in [3.63, 3.8) is 0 Å². The van der Waals surface area contributed by atoms with Crippen LogP contribution in [-0.2, 0) is 11.2 Å². The van der Waals surface area contributed by atoms with Crippen LogP contribution >= 0.6 is 0 Å². The summed E-state index contributed by atoms with van der Waals surface area (Å²) in [6.07, 6.45) is -0.232. The topological polar surface area (TPSA) is 57.6 Å². The molecule has 0 saturated carbocycles. The Hall–Kier alpha value is -1.84. The van der Waals surface area contributed by atoms with Gasteiger partial charge in [0.2, 0.25) is 0 Å². The molecule has 4 nitrogen and oxygen atoms in total. The molecule has 0 aliphatic carbocycles. The highest BCUT2D eigenvalue weighted by atomic mass is 16.4. The van der Waals surface area contributed by atoms with Crippen molar-refractivity contribution in [1.29, 1.82) is 0 Å². The third kappa shape index (κ3) is 2.23. The van der Waals surface area contributed by atoms with Gasteiger partial charge in [-0.1, -0.05) is 44.2 Å². The zero-order valence-electron chi connectivity index (χ0n) is 11.3. The van der Waals surface area contributed by atoms with Gasteiger partial charge in [-0.25, -0.2) is 4.79 Å². The summed E-state index contributed by atoms with van der Waals surface area (Å²) in [4.78, 5) is 25.1. The van der Waals surface area contributed by atoms with Crippen LogP contribution in [0.5, 0.6) is 0 Å². The van der Waals surface area contributed by atoms with E-state index in [2.05, 4.69) is 0 Å². The minimum absolute atomic E-state index is 0.0359. The minimum Gasteiger partial charge on any atom is -0.465 e. The van der Waals surface area contributed by atoms with Crippen LogP contribution in [0, 0.1) is 5.92 Å². The molecule has 1 amide bonds. The number of amides is 1. The van der Waals surface area contributed by atoms with E-state index in [0.717, 1.165) is 5.56 Å². The lowest BCUT2D eigenvalue weighted by Crippen LogP contribution is -2.56. The molecule has 0 radical (unpaired) electrons. The third-order valence-corrected chi connectivity index (χ3v) is 4.03. The highest BCUT2D eigenvalue weighted by Gasteiger charge is 2.52. The second-order valence-electron chi connectivity index (χ2n) is 5.35. The first-order chi connectivity index (χ1) is 8.98. The van der Waals surface area contributed by atoms with Crippen LogP contribution < -0.4 is 0 Å². The molecule has 1 atom stereocenters. The normalized spacial score (nSPS) is 23.1. The second-order valence-corrected chi connectivity index (χ2v) is 5.35. The SMILES string of the molecule is CC(C)[C@@]1(Cc2ccccc2)C(=O)CCN1C(=O)O. The van der Waals surface area contributed by atoms with E-state index in [1.807, 2.05) is 44.2 Å². The first-order valence-corrected chi connectivity index (χ1v) is 6.56. The summed E-state index contributed by atoms with van der Waals surface area (Å²) in [6, 6.07) is 9.62. The summed E-state index contributed by atoms with van der Waals surface area (Å²) in [5.41, 5.74) is 0.0883.